The van der Waals surface area contributed by atoms with E-state index < -0.39 is 11.6 Å². The van der Waals surface area contributed by atoms with Crippen LogP contribution in [0, 0.1) is 18.6 Å². The molecule has 0 aliphatic carbocycles. The number of nitrogens with one attached hydrogen (secondary N) is 1. The lowest BCUT2D eigenvalue weighted by molar-refractivity contribution is 0.0949. The molecular weight excluding hydrogens is 338 g/mol. The molecular formula is C19H18F2N4O. The summed E-state index contributed by atoms with van der Waals surface area (Å²) in [7, 11) is 0. The number of amides is 1. The van der Waals surface area contributed by atoms with Crippen LogP contribution < -0.4 is 5.32 Å². The van der Waals surface area contributed by atoms with Crippen LogP contribution in [0.5, 0.6) is 0 Å². The minimum atomic E-state index is -0.662. The van der Waals surface area contributed by atoms with Crippen molar-refractivity contribution in [2.45, 2.75) is 19.9 Å². The Labute approximate surface area is 149 Å². The van der Waals surface area contributed by atoms with Crippen molar-refractivity contribution in [1.29, 1.82) is 0 Å². The fourth-order valence-corrected chi connectivity index (χ4v) is 2.49. The highest BCUT2D eigenvalue weighted by atomic mass is 19.1. The van der Waals surface area contributed by atoms with E-state index >= 15 is 0 Å². The van der Waals surface area contributed by atoms with Gasteiger partial charge >= 0.3 is 0 Å². The average molecular weight is 356 g/mol. The smallest absolute Gasteiger partial charge is 0.273 e. The number of aromatic nitrogens is 3. The molecule has 5 nitrogen and oxygen atoms in total. The van der Waals surface area contributed by atoms with Gasteiger partial charge in [-0.3, -0.25) is 4.79 Å². The molecule has 0 fully saturated rings. The van der Waals surface area contributed by atoms with Gasteiger partial charge in [-0.05, 0) is 31.0 Å². The van der Waals surface area contributed by atoms with E-state index in [1.807, 2.05) is 31.2 Å². The zero-order valence-corrected chi connectivity index (χ0v) is 14.2. The second-order valence-corrected chi connectivity index (χ2v) is 5.99. The number of aryl methyl sites for hydroxylation is 1. The first-order valence-electron chi connectivity index (χ1n) is 8.19. The van der Waals surface area contributed by atoms with E-state index in [4.69, 9.17) is 0 Å². The highest BCUT2D eigenvalue weighted by Gasteiger charge is 2.13. The van der Waals surface area contributed by atoms with Crippen LogP contribution in [0.1, 0.15) is 27.2 Å². The van der Waals surface area contributed by atoms with Crippen molar-refractivity contribution in [3.05, 3.63) is 82.7 Å². The number of carbonyl (C=O) groups excluding carboxylic acids is 1. The number of carbonyl (C=O) groups is 1. The third-order valence-electron chi connectivity index (χ3n) is 3.97. The van der Waals surface area contributed by atoms with Gasteiger partial charge in [-0.1, -0.05) is 41.1 Å². The molecule has 0 saturated heterocycles. The van der Waals surface area contributed by atoms with E-state index in [1.54, 1.807) is 0 Å². The van der Waals surface area contributed by atoms with Gasteiger partial charge in [0, 0.05) is 12.1 Å². The first-order valence-corrected chi connectivity index (χ1v) is 8.19. The SMILES string of the molecule is Cc1ccc(CCNC(=O)c2cn(Cc3c(F)cccc3F)nn2)cc1. The van der Waals surface area contributed by atoms with Gasteiger partial charge in [-0.2, -0.15) is 0 Å². The van der Waals surface area contributed by atoms with Gasteiger partial charge < -0.3 is 5.32 Å². The van der Waals surface area contributed by atoms with Crippen molar-refractivity contribution >= 4 is 5.91 Å². The molecule has 3 aromatic rings. The first-order chi connectivity index (χ1) is 12.5. The third-order valence-corrected chi connectivity index (χ3v) is 3.97. The molecule has 2 aromatic carbocycles. The summed E-state index contributed by atoms with van der Waals surface area (Å²) in [5.74, 6) is -1.70. The van der Waals surface area contributed by atoms with Crippen LogP contribution in [0.25, 0.3) is 0 Å². The average Bonchev–Trinajstić information content (AvgIpc) is 3.09. The van der Waals surface area contributed by atoms with Gasteiger partial charge in [-0.25, -0.2) is 13.5 Å². The first kappa shape index (κ1) is 17.7. The van der Waals surface area contributed by atoms with E-state index in [0.717, 1.165) is 5.56 Å². The van der Waals surface area contributed by atoms with Crippen LogP contribution in [-0.2, 0) is 13.0 Å². The van der Waals surface area contributed by atoms with Crippen molar-refractivity contribution in [3.8, 4) is 0 Å². The summed E-state index contributed by atoms with van der Waals surface area (Å²) in [6.45, 7) is 2.33. The Hall–Kier alpha value is -3.09. The predicted molar refractivity (Wildman–Crippen MR) is 92.7 cm³/mol. The number of nitrogens with zero attached hydrogens (tertiary/aromatic N) is 3. The van der Waals surface area contributed by atoms with Crippen molar-refractivity contribution < 1.29 is 13.6 Å². The molecule has 26 heavy (non-hydrogen) atoms. The molecule has 0 aliphatic heterocycles. The van der Waals surface area contributed by atoms with Crippen LogP contribution in [-0.4, -0.2) is 27.4 Å². The quantitative estimate of drug-likeness (QED) is 0.739. The van der Waals surface area contributed by atoms with Gasteiger partial charge in [0.05, 0.1) is 12.7 Å². The maximum absolute atomic E-state index is 13.7. The fraction of sp³-hybridized carbons (Fsp3) is 0.211. The second-order valence-electron chi connectivity index (χ2n) is 5.99. The maximum atomic E-state index is 13.7. The molecule has 0 atom stereocenters. The Balaban J connectivity index is 1.57. The monoisotopic (exact) mass is 356 g/mol. The molecule has 134 valence electrons. The fourth-order valence-electron chi connectivity index (χ4n) is 2.49. The van der Waals surface area contributed by atoms with E-state index in [1.165, 1.54) is 34.6 Å². The van der Waals surface area contributed by atoms with Crippen LogP contribution >= 0.6 is 0 Å². The molecule has 0 radical (unpaired) electrons. The second kappa shape index (κ2) is 7.86. The molecule has 3 rings (SSSR count). The lowest BCUT2D eigenvalue weighted by atomic mass is 10.1. The van der Waals surface area contributed by atoms with Crippen molar-refractivity contribution in [1.82, 2.24) is 20.3 Å². The Kier molecular flexibility index (Phi) is 5.36. The third kappa shape index (κ3) is 4.30. The van der Waals surface area contributed by atoms with Crippen LogP contribution in [0.15, 0.2) is 48.7 Å². The van der Waals surface area contributed by atoms with Crippen LogP contribution in [0.3, 0.4) is 0 Å². The predicted octanol–water partition coefficient (Wildman–Crippen LogP) is 2.89. The summed E-state index contributed by atoms with van der Waals surface area (Å²) in [6.07, 6.45) is 2.06. The summed E-state index contributed by atoms with van der Waals surface area (Å²) in [6, 6.07) is 11.7. The van der Waals surface area contributed by atoms with Crippen molar-refractivity contribution in [2.24, 2.45) is 0 Å². The summed E-state index contributed by atoms with van der Waals surface area (Å²) < 4.78 is 28.6. The van der Waals surface area contributed by atoms with Gasteiger partial charge in [0.1, 0.15) is 11.6 Å². The number of rotatable bonds is 6. The molecule has 0 aliphatic rings. The molecule has 0 bridgehead atoms. The Morgan fingerprint density at radius 1 is 1.12 bits per heavy atom. The zero-order valence-electron chi connectivity index (χ0n) is 14.2. The summed E-state index contributed by atoms with van der Waals surface area (Å²) in [4.78, 5) is 12.1. The molecule has 1 heterocycles. The lowest BCUT2D eigenvalue weighted by Gasteiger charge is -2.04. The molecule has 1 N–H and O–H groups in total. The summed E-state index contributed by atoms with van der Waals surface area (Å²) in [5, 5.41) is 10.3. The molecule has 1 aromatic heterocycles. The van der Waals surface area contributed by atoms with E-state index in [9.17, 15) is 13.6 Å². The molecule has 0 unspecified atom stereocenters. The van der Waals surface area contributed by atoms with E-state index in [2.05, 4.69) is 15.6 Å². The van der Waals surface area contributed by atoms with Gasteiger partial charge in [0.15, 0.2) is 5.69 Å². The number of hydrogen-bond donors (Lipinski definition) is 1. The van der Waals surface area contributed by atoms with Crippen molar-refractivity contribution in [3.63, 3.8) is 0 Å². The van der Waals surface area contributed by atoms with Crippen LogP contribution in [0.4, 0.5) is 8.78 Å². The standard InChI is InChI=1S/C19H18F2N4O/c1-13-5-7-14(8-6-13)9-10-22-19(26)18-12-25(24-23-18)11-15-16(20)3-2-4-17(15)21/h2-8,12H,9-11H2,1H3,(H,22,26). The van der Waals surface area contributed by atoms with Gasteiger partial charge in [0.25, 0.3) is 5.91 Å². The minimum absolute atomic E-state index is 0.102. The topological polar surface area (TPSA) is 59.8 Å². The molecule has 1 amide bonds. The summed E-state index contributed by atoms with van der Waals surface area (Å²) in [5.41, 5.74) is 2.28. The van der Waals surface area contributed by atoms with E-state index in [0.29, 0.717) is 13.0 Å². The Morgan fingerprint density at radius 3 is 2.50 bits per heavy atom. The summed E-state index contributed by atoms with van der Waals surface area (Å²) >= 11 is 0. The highest BCUT2D eigenvalue weighted by molar-refractivity contribution is 5.91. The normalized spacial score (nSPS) is 10.7. The van der Waals surface area contributed by atoms with Crippen molar-refractivity contribution in [2.75, 3.05) is 6.54 Å². The zero-order chi connectivity index (χ0) is 18.5. The molecule has 7 heteroatoms. The lowest BCUT2D eigenvalue weighted by Crippen LogP contribution is -2.26. The highest BCUT2D eigenvalue weighted by Crippen LogP contribution is 2.13. The van der Waals surface area contributed by atoms with Gasteiger partial charge in [0.2, 0.25) is 0 Å². The molecule has 0 spiro atoms. The Bertz CT molecular complexity index is 886. The number of halogens is 2. The number of hydrogen-bond acceptors (Lipinski definition) is 3. The largest absolute Gasteiger partial charge is 0.350 e. The number of benzene rings is 2. The molecule has 0 saturated carbocycles. The van der Waals surface area contributed by atoms with Crippen LogP contribution in [0.2, 0.25) is 0 Å². The van der Waals surface area contributed by atoms with E-state index in [-0.39, 0.29) is 23.7 Å². The Morgan fingerprint density at radius 2 is 1.81 bits per heavy atom. The minimum Gasteiger partial charge on any atom is -0.350 e. The maximum Gasteiger partial charge on any atom is 0.273 e. The van der Waals surface area contributed by atoms with Gasteiger partial charge in [-0.15, -0.1) is 5.10 Å².